The maximum atomic E-state index is 12.5. The summed E-state index contributed by atoms with van der Waals surface area (Å²) in [6.07, 6.45) is -0.789. The fourth-order valence-corrected chi connectivity index (χ4v) is 5.29. The van der Waals surface area contributed by atoms with Crippen molar-refractivity contribution in [3.63, 3.8) is 0 Å². The molecule has 0 saturated carbocycles. The van der Waals surface area contributed by atoms with E-state index in [1.807, 2.05) is 4.90 Å². The minimum atomic E-state index is -5.08. The highest BCUT2D eigenvalue weighted by molar-refractivity contribution is 7.16. The van der Waals surface area contributed by atoms with Gasteiger partial charge >= 0.3 is 12.1 Å². The molecule has 168 valence electrons. The van der Waals surface area contributed by atoms with E-state index in [9.17, 15) is 18.0 Å². The Balaban J connectivity index is 0.000000318. The summed E-state index contributed by atoms with van der Waals surface area (Å²) in [7, 11) is 0. The van der Waals surface area contributed by atoms with E-state index in [1.54, 1.807) is 11.3 Å². The summed E-state index contributed by atoms with van der Waals surface area (Å²) in [4.78, 5) is 27.4. The molecule has 1 aromatic rings. The fraction of sp³-hybridized carbons (Fsp3) is 0.700. The summed E-state index contributed by atoms with van der Waals surface area (Å²) in [5, 5.41) is 8.26. The molecular formula is C20H27F3N2O4S. The predicted molar refractivity (Wildman–Crippen MR) is 107 cm³/mol. The largest absolute Gasteiger partial charge is 0.490 e. The molecule has 0 aromatic carbocycles. The summed E-state index contributed by atoms with van der Waals surface area (Å²) in [5.74, 6) is -1.65. The number of aryl methyl sites for hydroxylation is 1. The van der Waals surface area contributed by atoms with E-state index in [1.165, 1.54) is 30.7 Å². The standard InChI is InChI=1S/C18H26N2O2S.C2HF3O2/c1-14-2-3-17(23-14)20-13-18(10-16(20)21)6-7-19(12-18)11-15-4-8-22-9-5-15;3-2(4,5)1(6)7/h2-3,15H,4-13H2,1H3;(H,6,7). The number of nitrogens with zero attached hydrogens (tertiary/aromatic N) is 2. The monoisotopic (exact) mass is 448 g/mol. The minimum absolute atomic E-state index is 0.195. The summed E-state index contributed by atoms with van der Waals surface area (Å²) in [5.41, 5.74) is 0.195. The number of thiophene rings is 1. The van der Waals surface area contributed by atoms with Crippen LogP contribution in [0.15, 0.2) is 12.1 Å². The van der Waals surface area contributed by atoms with Gasteiger partial charge in [-0.2, -0.15) is 13.2 Å². The number of anilines is 1. The number of ether oxygens (including phenoxy) is 1. The van der Waals surface area contributed by atoms with Gasteiger partial charge in [-0.05, 0) is 50.8 Å². The molecule has 30 heavy (non-hydrogen) atoms. The number of carbonyl (C=O) groups excluding carboxylic acids is 1. The van der Waals surface area contributed by atoms with Crippen LogP contribution < -0.4 is 4.90 Å². The van der Waals surface area contributed by atoms with E-state index in [0.29, 0.717) is 5.91 Å². The SMILES string of the molecule is Cc1ccc(N2CC3(CCN(CC4CCOCC4)C3)CC2=O)s1.O=C(O)C(F)(F)F. The molecule has 0 bridgehead atoms. The van der Waals surface area contributed by atoms with Gasteiger partial charge in [0.25, 0.3) is 0 Å². The molecule has 3 aliphatic heterocycles. The van der Waals surface area contributed by atoms with Gasteiger partial charge in [0.1, 0.15) is 0 Å². The highest BCUT2D eigenvalue weighted by Crippen LogP contribution is 2.43. The van der Waals surface area contributed by atoms with E-state index in [-0.39, 0.29) is 5.41 Å². The Hall–Kier alpha value is -1.65. The van der Waals surface area contributed by atoms with E-state index in [2.05, 4.69) is 24.0 Å². The van der Waals surface area contributed by atoms with Gasteiger partial charge < -0.3 is 19.6 Å². The van der Waals surface area contributed by atoms with E-state index in [0.717, 1.165) is 50.2 Å². The molecule has 1 unspecified atom stereocenters. The Morgan fingerprint density at radius 3 is 2.53 bits per heavy atom. The maximum absolute atomic E-state index is 12.5. The van der Waals surface area contributed by atoms with Crippen LogP contribution in [0.2, 0.25) is 0 Å². The van der Waals surface area contributed by atoms with Gasteiger partial charge in [0, 0.05) is 49.6 Å². The topological polar surface area (TPSA) is 70.1 Å². The minimum Gasteiger partial charge on any atom is -0.475 e. The first-order valence-corrected chi connectivity index (χ1v) is 10.9. The Morgan fingerprint density at radius 2 is 1.97 bits per heavy atom. The number of hydrogen-bond donors (Lipinski definition) is 1. The van der Waals surface area contributed by atoms with Crippen molar-refractivity contribution in [2.75, 3.05) is 44.3 Å². The molecule has 6 nitrogen and oxygen atoms in total. The zero-order valence-corrected chi connectivity index (χ0v) is 17.7. The first-order valence-electron chi connectivity index (χ1n) is 10.0. The number of hydrogen-bond acceptors (Lipinski definition) is 5. The predicted octanol–water partition coefficient (Wildman–Crippen LogP) is 3.55. The average Bonchev–Trinajstić information content (AvgIpc) is 3.35. The van der Waals surface area contributed by atoms with Crippen LogP contribution in [0.3, 0.4) is 0 Å². The van der Waals surface area contributed by atoms with E-state index in [4.69, 9.17) is 14.6 Å². The van der Waals surface area contributed by atoms with Gasteiger partial charge in [-0.3, -0.25) is 4.79 Å². The van der Waals surface area contributed by atoms with Crippen LogP contribution in [0.4, 0.5) is 18.2 Å². The molecule has 4 heterocycles. The lowest BCUT2D eigenvalue weighted by molar-refractivity contribution is -0.192. The first kappa shape index (κ1) is 23.0. The number of carboxylic acids is 1. The summed E-state index contributed by atoms with van der Waals surface area (Å²) in [6.45, 7) is 8.31. The Kier molecular flexibility index (Phi) is 7.09. The van der Waals surface area contributed by atoms with Crippen molar-refractivity contribution in [2.24, 2.45) is 11.3 Å². The Bertz CT molecular complexity index is 763. The van der Waals surface area contributed by atoms with Crippen molar-refractivity contribution >= 4 is 28.2 Å². The molecule has 3 saturated heterocycles. The van der Waals surface area contributed by atoms with Crippen LogP contribution in [-0.2, 0) is 14.3 Å². The highest BCUT2D eigenvalue weighted by Gasteiger charge is 2.48. The summed E-state index contributed by atoms with van der Waals surface area (Å²) >= 11 is 1.74. The third kappa shape index (κ3) is 5.73. The van der Waals surface area contributed by atoms with Gasteiger partial charge in [-0.25, -0.2) is 4.79 Å². The second-order valence-corrected chi connectivity index (χ2v) is 9.65. The molecule has 1 spiro atoms. The normalized spacial score (nSPS) is 25.6. The van der Waals surface area contributed by atoms with Gasteiger partial charge in [-0.1, -0.05) is 0 Å². The summed E-state index contributed by atoms with van der Waals surface area (Å²) < 4.78 is 37.2. The summed E-state index contributed by atoms with van der Waals surface area (Å²) in [6, 6.07) is 4.22. The van der Waals surface area contributed by atoms with Crippen molar-refractivity contribution in [1.82, 2.24) is 4.90 Å². The van der Waals surface area contributed by atoms with Gasteiger partial charge in [-0.15, -0.1) is 11.3 Å². The Morgan fingerprint density at radius 1 is 1.30 bits per heavy atom. The van der Waals surface area contributed by atoms with Crippen LogP contribution in [-0.4, -0.2) is 67.5 Å². The van der Waals surface area contributed by atoms with Crippen molar-refractivity contribution < 1.29 is 32.6 Å². The molecule has 1 atom stereocenters. The van der Waals surface area contributed by atoms with Crippen LogP contribution >= 0.6 is 11.3 Å². The number of likely N-dealkylation sites (tertiary alicyclic amines) is 1. The second-order valence-electron chi connectivity index (χ2n) is 8.38. The third-order valence-corrected chi connectivity index (χ3v) is 6.95. The quantitative estimate of drug-likeness (QED) is 0.766. The molecule has 3 aliphatic rings. The van der Waals surface area contributed by atoms with Gasteiger partial charge in [0.15, 0.2) is 0 Å². The number of amides is 1. The van der Waals surface area contributed by atoms with Crippen molar-refractivity contribution in [1.29, 1.82) is 0 Å². The number of alkyl halides is 3. The third-order valence-electron chi connectivity index (χ3n) is 5.93. The number of carboxylic acid groups (broad SMARTS) is 1. The van der Waals surface area contributed by atoms with E-state index >= 15 is 0 Å². The van der Waals surface area contributed by atoms with Crippen LogP contribution in [0.1, 0.15) is 30.6 Å². The van der Waals surface area contributed by atoms with Crippen molar-refractivity contribution in [2.45, 2.75) is 38.8 Å². The average molecular weight is 449 g/mol. The van der Waals surface area contributed by atoms with Crippen LogP contribution in [0.25, 0.3) is 0 Å². The van der Waals surface area contributed by atoms with Gasteiger partial charge in [0.2, 0.25) is 5.91 Å². The second kappa shape index (κ2) is 9.23. The van der Waals surface area contributed by atoms with Gasteiger partial charge in [0.05, 0.1) is 5.00 Å². The number of rotatable bonds is 3. The molecule has 1 amide bonds. The number of carbonyl (C=O) groups is 2. The smallest absolute Gasteiger partial charge is 0.475 e. The molecule has 0 radical (unpaired) electrons. The maximum Gasteiger partial charge on any atom is 0.490 e. The molecule has 1 N–H and O–H groups in total. The molecular weight excluding hydrogens is 421 g/mol. The van der Waals surface area contributed by atoms with Crippen molar-refractivity contribution in [3.8, 4) is 0 Å². The number of aliphatic carboxylic acids is 1. The highest BCUT2D eigenvalue weighted by atomic mass is 32.1. The molecule has 3 fully saturated rings. The van der Waals surface area contributed by atoms with Crippen LogP contribution in [0.5, 0.6) is 0 Å². The number of halogens is 3. The fourth-order valence-electron chi connectivity index (χ4n) is 4.41. The van der Waals surface area contributed by atoms with E-state index < -0.39 is 12.1 Å². The zero-order valence-electron chi connectivity index (χ0n) is 16.9. The molecule has 0 aliphatic carbocycles. The lowest BCUT2D eigenvalue weighted by Gasteiger charge is -2.28. The zero-order chi connectivity index (χ0) is 21.9. The van der Waals surface area contributed by atoms with Crippen LogP contribution in [0, 0.1) is 18.3 Å². The molecule has 1 aromatic heterocycles. The Labute approximate surface area is 177 Å². The molecule has 10 heteroatoms. The lowest BCUT2D eigenvalue weighted by atomic mass is 9.86. The first-order chi connectivity index (χ1) is 14.1. The molecule has 4 rings (SSSR count). The van der Waals surface area contributed by atoms with Crippen molar-refractivity contribution in [3.05, 3.63) is 17.0 Å². The lowest BCUT2D eigenvalue weighted by Crippen LogP contribution is -2.34.